The van der Waals surface area contributed by atoms with Crippen molar-refractivity contribution in [1.82, 2.24) is 9.88 Å². The molecule has 2 atom stereocenters. The van der Waals surface area contributed by atoms with Gasteiger partial charge in [-0.3, -0.25) is 24.6 Å². The molecule has 2 aromatic carbocycles. The van der Waals surface area contributed by atoms with Crippen molar-refractivity contribution in [3.05, 3.63) is 71.1 Å². The SMILES string of the molecule is CC(C)CC(C(=O)OC(C)C(=O)Nc1nc(-c2ccccc2)cs1)N1C(=O)c2ccccc2C1=O. The van der Waals surface area contributed by atoms with Gasteiger partial charge in [0.2, 0.25) is 0 Å². The van der Waals surface area contributed by atoms with Crippen molar-refractivity contribution in [1.29, 1.82) is 0 Å². The molecule has 35 heavy (non-hydrogen) atoms. The number of anilines is 1. The van der Waals surface area contributed by atoms with Gasteiger partial charge in [-0.05, 0) is 31.4 Å². The maximum Gasteiger partial charge on any atom is 0.330 e. The molecule has 0 fully saturated rings. The van der Waals surface area contributed by atoms with Crippen LogP contribution in [0.5, 0.6) is 0 Å². The number of carbonyl (C=O) groups excluding carboxylic acids is 4. The molecule has 1 N–H and O–H groups in total. The summed E-state index contributed by atoms with van der Waals surface area (Å²) in [4.78, 5) is 57.0. The maximum absolute atomic E-state index is 13.1. The van der Waals surface area contributed by atoms with Crippen molar-refractivity contribution in [3.8, 4) is 11.3 Å². The molecular weight excluding hydrogens is 466 g/mol. The van der Waals surface area contributed by atoms with Crippen molar-refractivity contribution in [2.75, 3.05) is 5.32 Å². The zero-order valence-corrected chi connectivity index (χ0v) is 20.4. The van der Waals surface area contributed by atoms with Crippen LogP contribution in [0.1, 0.15) is 47.9 Å². The molecule has 1 aliphatic rings. The first-order valence-corrected chi connectivity index (χ1v) is 12.1. The topological polar surface area (TPSA) is 106 Å². The van der Waals surface area contributed by atoms with Crippen molar-refractivity contribution in [2.45, 2.75) is 39.3 Å². The van der Waals surface area contributed by atoms with Gasteiger partial charge in [-0.25, -0.2) is 9.78 Å². The zero-order valence-electron chi connectivity index (χ0n) is 19.6. The van der Waals surface area contributed by atoms with Crippen molar-refractivity contribution in [3.63, 3.8) is 0 Å². The molecule has 2 unspecified atom stereocenters. The average Bonchev–Trinajstić information content (AvgIpc) is 3.41. The lowest BCUT2D eigenvalue weighted by Crippen LogP contribution is -2.48. The normalized spacial score (nSPS) is 14.6. The summed E-state index contributed by atoms with van der Waals surface area (Å²) in [6, 6.07) is 14.8. The molecule has 0 spiro atoms. The summed E-state index contributed by atoms with van der Waals surface area (Å²) in [5, 5.41) is 4.86. The van der Waals surface area contributed by atoms with Crippen LogP contribution in [0.2, 0.25) is 0 Å². The Bertz CT molecular complexity index is 1240. The second kappa shape index (κ2) is 10.2. The molecular formula is C26H25N3O5S. The van der Waals surface area contributed by atoms with Gasteiger partial charge < -0.3 is 4.74 Å². The third kappa shape index (κ3) is 5.14. The van der Waals surface area contributed by atoms with Crippen LogP contribution >= 0.6 is 11.3 Å². The van der Waals surface area contributed by atoms with E-state index in [2.05, 4.69) is 10.3 Å². The number of ether oxygens (including phenoxy) is 1. The van der Waals surface area contributed by atoms with Gasteiger partial charge in [0.05, 0.1) is 16.8 Å². The molecule has 2 heterocycles. The number of hydrogen-bond acceptors (Lipinski definition) is 7. The number of aromatic nitrogens is 1. The van der Waals surface area contributed by atoms with Gasteiger partial charge in [-0.1, -0.05) is 56.3 Å². The van der Waals surface area contributed by atoms with Crippen LogP contribution in [-0.2, 0) is 14.3 Å². The van der Waals surface area contributed by atoms with Crippen molar-refractivity contribution >= 4 is 40.2 Å². The van der Waals surface area contributed by atoms with E-state index in [0.717, 1.165) is 16.2 Å². The Morgan fingerprint density at radius 2 is 1.57 bits per heavy atom. The Kier molecular flexibility index (Phi) is 7.07. The van der Waals surface area contributed by atoms with Gasteiger partial charge in [0.1, 0.15) is 6.04 Å². The molecule has 1 aromatic heterocycles. The van der Waals surface area contributed by atoms with E-state index in [9.17, 15) is 19.2 Å². The molecule has 9 heteroatoms. The molecule has 0 saturated carbocycles. The Hall–Kier alpha value is -3.85. The van der Waals surface area contributed by atoms with E-state index in [1.54, 1.807) is 24.3 Å². The number of nitrogens with zero attached hydrogens (tertiary/aromatic N) is 2. The van der Waals surface area contributed by atoms with Gasteiger partial charge in [-0.15, -0.1) is 11.3 Å². The maximum atomic E-state index is 13.1. The summed E-state index contributed by atoms with van der Waals surface area (Å²) in [5.74, 6) is -2.45. The van der Waals surface area contributed by atoms with Gasteiger partial charge in [0.25, 0.3) is 17.7 Å². The molecule has 4 rings (SSSR count). The predicted molar refractivity (Wildman–Crippen MR) is 132 cm³/mol. The van der Waals surface area contributed by atoms with Gasteiger partial charge in [-0.2, -0.15) is 0 Å². The number of amides is 3. The Morgan fingerprint density at radius 1 is 0.971 bits per heavy atom. The summed E-state index contributed by atoms with van der Waals surface area (Å²) in [5.41, 5.74) is 2.14. The lowest BCUT2D eigenvalue weighted by atomic mass is 10.0. The predicted octanol–water partition coefficient (Wildman–Crippen LogP) is 4.39. The van der Waals surface area contributed by atoms with Crippen LogP contribution in [-0.4, -0.2) is 45.7 Å². The summed E-state index contributed by atoms with van der Waals surface area (Å²) < 4.78 is 5.43. The summed E-state index contributed by atoms with van der Waals surface area (Å²) in [7, 11) is 0. The molecule has 180 valence electrons. The standard InChI is InChI=1S/C26H25N3O5S/c1-15(2)13-21(29-23(31)18-11-7-8-12-19(18)24(29)32)25(33)34-16(3)22(30)28-26-27-20(14-35-26)17-9-5-4-6-10-17/h4-12,14-16,21H,13H2,1-3H3,(H,27,28,30). The molecule has 0 bridgehead atoms. The van der Waals surface area contributed by atoms with Gasteiger partial charge in [0, 0.05) is 10.9 Å². The molecule has 1 aliphatic heterocycles. The highest BCUT2D eigenvalue weighted by atomic mass is 32.1. The fourth-order valence-electron chi connectivity index (χ4n) is 3.83. The highest BCUT2D eigenvalue weighted by molar-refractivity contribution is 7.14. The number of esters is 1. The third-order valence-electron chi connectivity index (χ3n) is 5.57. The first-order valence-electron chi connectivity index (χ1n) is 11.3. The van der Waals surface area contributed by atoms with Crippen LogP contribution in [0.4, 0.5) is 5.13 Å². The van der Waals surface area contributed by atoms with E-state index in [1.807, 2.05) is 49.6 Å². The highest BCUT2D eigenvalue weighted by Crippen LogP contribution is 2.28. The number of benzene rings is 2. The third-order valence-corrected chi connectivity index (χ3v) is 6.33. The van der Waals surface area contributed by atoms with Crippen LogP contribution in [0.3, 0.4) is 0 Å². The number of carbonyl (C=O) groups is 4. The van der Waals surface area contributed by atoms with E-state index < -0.39 is 35.8 Å². The number of hydrogen-bond donors (Lipinski definition) is 1. The van der Waals surface area contributed by atoms with Crippen LogP contribution in [0.25, 0.3) is 11.3 Å². The molecule has 3 amide bonds. The van der Waals surface area contributed by atoms with E-state index in [4.69, 9.17) is 4.74 Å². The molecule has 0 radical (unpaired) electrons. The number of thiazole rings is 1. The smallest absolute Gasteiger partial charge is 0.330 e. The second-order valence-electron chi connectivity index (χ2n) is 8.64. The van der Waals surface area contributed by atoms with Crippen LogP contribution < -0.4 is 5.32 Å². The molecule has 0 aliphatic carbocycles. The van der Waals surface area contributed by atoms with E-state index in [0.29, 0.717) is 5.13 Å². The minimum atomic E-state index is -1.16. The van der Waals surface area contributed by atoms with Crippen LogP contribution in [0.15, 0.2) is 60.0 Å². The first kappa shape index (κ1) is 24.3. The average molecular weight is 492 g/mol. The summed E-state index contributed by atoms with van der Waals surface area (Å²) in [6.45, 7) is 5.19. The first-order chi connectivity index (χ1) is 16.8. The second-order valence-corrected chi connectivity index (χ2v) is 9.50. The van der Waals surface area contributed by atoms with Gasteiger partial charge in [0.15, 0.2) is 11.2 Å². The Morgan fingerprint density at radius 3 is 2.17 bits per heavy atom. The molecule has 0 saturated heterocycles. The monoisotopic (exact) mass is 491 g/mol. The Labute approximate surface area is 206 Å². The molecule has 8 nitrogen and oxygen atoms in total. The zero-order chi connectivity index (χ0) is 25.1. The number of rotatable bonds is 8. The van der Waals surface area contributed by atoms with Crippen LogP contribution in [0, 0.1) is 5.92 Å². The number of fused-ring (bicyclic) bond motifs is 1. The fourth-order valence-corrected chi connectivity index (χ4v) is 4.55. The number of imide groups is 1. The minimum absolute atomic E-state index is 0.00674. The minimum Gasteiger partial charge on any atom is -0.451 e. The number of nitrogens with one attached hydrogen (secondary N) is 1. The highest BCUT2D eigenvalue weighted by Gasteiger charge is 2.44. The van der Waals surface area contributed by atoms with E-state index in [1.165, 1.54) is 18.3 Å². The molecule has 3 aromatic rings. The summed E-state index contributed by atoms with van der Waals surface area (Å²) >= 11 is 1.26. The van der Waals surface area contributed by atoms with E-state index in [-0.39, 0.29) is 23.5 Å². The van der Waals surface area contributed by atoms with Gasteiger partial charge >= 0.3 is 5.97 Å². The lowest BCUT2D eigenvalue weighted by Gasteiger charge is -2.27. The van der Waals surface area contributed by atoms with Crippen molar-refractivity contribution < 1.29 is 23.9 Å². The largest absolute Gasteiger partial charge is 0.451 e. The fraction of sp³-hybridized carbons (Fsp3) is 0.269. The lowest BCUT2D eigenvalue weighted by molar-refractivity contribution is -0.157. The Balaban J connectivity index is 1.45. The quantitative estimate of drug-likeness (QED) is 0.370. The van der Waals surface area contributed by atoms with E-state index >= 15 is 0 Å². The van der Waals surface area contributed by atoms with Crippen molar-refractivity contribution in [2.24, 2.45) is 5.92 Å². The summed E-state index contributed by atoms with van der Waals surface area (Å²) in [6.07, 6.45) is -0.942.